The molecule has 0 fully saturated rings. The second-order valence-electron chi connectivity index (χ2n) is 4.40. The number of amides is 1. The smallest absolute Gasteiger partial charge is 0.252 e. The Kier molecular flexibility index (Phi) is 5.16. The van der Waals surface area contributed by atoms with E-state index in [4.69, 9.17) is 4.74 Å². The van der Waals surface area contributed by atoms with Crippen molar-refractivity contribution in [3.05, 3.63) is 32.7 Å². The third kappa shape index (κ3) is 4.41. The number of hydrogen-bond donors (Lipinski definition) is 1. The summed E-state index contributed by atoms with van der Waals surface area (Å²) in [5.41, 5.74) is 0.218. The van der Waals surface area contributed by atoms with Gasteiger partial charge in [-0.2, -0.15) is 0 Å². The number of halogens is 2. The summed E-state index contributed by atoms with van der Waals surface area (Å²) in [7, 11) is 1.61. The summed E-state index contributed by atoms with van der Waals surface area (Å²) in [6.45, 7) is 4.30. The number of carbonyl (C=O) groups excluding carboxylic acids is 1. The molecular formula is C12H15Br2NO2. The van der Waals surface area contributed by atoms with E-state index in [0.717, 1.165) is 8.95 Å². The van der Waals surface area contributed by atoms with Crippen LogP contribution in [0, 0.1) is 0 Å². The lowest BCUT2D eigenvalue weighted by molar-refractivity contribution is 0.0819. The van der Waals surface area contributed by atoms with Gasteiger partial charge in [-0.05, 0) is 48.0 Å². The molecule has 0 saturated heterocycles. The van der Waals surface area contributed by atoms with Gasteiger partial charge in [0.15, 0.2) is 0 Å². The predicted molar refractivity (Wildman–Crippen MR) is 75.3 cm³/mol. The number of hydrogen-bond acceptors (Lipinski definition) is 2. The zero-order valence-electron chi connectivity index (χ0n) is 10.0. The van der Waals surface area contributed by atoms with Crippen LogP contribution in [0.1, 0.15) is 24.2 Å². The molecule has 1 aromatic rings. The normalized spacial score (nSPS) is 11.4. The van der Waals surface area contributed by atoms with Gasteiger partial charge in [-0.3, -0.25) is 4.79 Å². The van der Waals surface area contributed by atoms with Gasteiger partial charge in [0.2, 0.25) is 0 Å². The van der Waals surface area contributed by atoms with Gasteiger partial charge in [-0.25, -0.2) is 0 Å². The fourth-order valence-electron chi connectivity index (χ4n) is 1.45. The Morgan fingerprint density at radius 3 is 2.59 bits per heavy atom. The molecule has 1 aromatic carbocycles. The molecule has 0 aliphatic rings. The summed E-state index contributed by atoms with van der Waals surface area (Å²) >= 11 is 6.72. The fourth-order valence-corrected chi connectivity index (χ4v) is 2.67. The molecule has 1 N–H and O–H groups in total. The fraction of sp³-hybridized carbons (Fsp3) is 0.417. The molecule has 0 saturated carbocycles. The molecular weight excluding hydrogens is 350 g/mol. The van der Waals surface area contributed by atoms with E-state index in [2.05, 4.69) is 37.2 Å². The van der Waals surface area contributed by atoms with E-state index in [-0.39, 0.29) is 5.91 Å². The topological polar surface area (TPSA) is 38.3 Å². The maximum atomic E-state index is 12.1. The molecule has 94 valence electrons. The Balaban J connectivity index is 2.83. The van der Waals surface area contributed by atoms with Crippen LogP contribution in [0.2, 0.25) is 0 Å². The van der Waals surface area contributed by atoms with Gasteiger partial charge < -0.3 is 10.1 Å². The highest BCUT2D eigenvalue weighted by Crippen LogP contribution is 2.22. The Bertz CT molecular complexity index is 419. The highest BCUT2D eigenvalue weighted by atomic mass is 79.9. The van der Waals surface area contributed by atoms with Crippen molar-refractivity contribution < 1.29 is 9.53 Å². The maximum absolute atomic E-state index is 12.1. The lowest BCUT2D eigenvalue weighted by Crippen LogP contribution is -2.46. The second-order valence-corrected chi connectivity index (χ2v) is 6.17. The van der Waals surface area contributed by atoms with Crippen LogP contribution in [0.5, 0.6) is 0 Å². The monoisotopic (exact) mass is 363 g/mol. The second kappa shape index (κ2) is 5.98. The minimum atomic E-state index is -0.391. The molecule has 0 atom stereocenters. The summed E-state index contributed by atoms with van der Waals surface area (Å²) in [5, 5.41) is 2.92. The van der Waals surface area contributed by atoms with Gasteiger partial charge in [0, 0.05) is 16.1 Å². The number of nitrogens with one attached hydrogen (secondary N) is 1. The largest absolute Gasteiger partial charge is 0.382 e. The summed E-state index contributed by atoms with van der Waals surface area (Å²) < 4.78 is 6.75. The highest BCUT2D eigenvalue weighted by molar-refractivity contribution is 9.11. The first-order valence-corrected chi connectivity index (χ1v) is 6.71. The average molecular weight is 365 g/mol. The molecule has 0 radical (unpaired) electrons. The van der Waals surface area contributed by atoms with Gasteiger partial charge >= 0.3 is 0 Å². The van der Waals surface area contributed by atoms with Gasteiger partial charge in [0.05, 0.1) is 17.7 Å². The standard InChI is InChI=1S/C12H15Br2NO2/c1-12(2,7-17-3)15-11(16)9-5-4-8(13)6-10(9)14/h4-6H,7H2,1-3H3,(H,15,16). The van der Waals surface area contributed by atoms with Crippen molar-refractivity contribution in [2.24, 2.45) is 0 Å². The Morgan fingerprint density at radius 1 is 1.41 bits per heavy atom. The van der Waals surface area contributed by atoms with Crippen LogP contribution in [0.25, 0.3) is 0 Å². The highest BCUT2D eigenvalue weighted by Gasteiger charge is 2.22. The molecule has 1 amide bonds. The van der Waals surface area contributed by atoms with Crippen molar-refractivity contribution in [1.82, 2.24) is 5.32 Å². The maximum Gasteiger partial charge on any atom is 0.252 e. The predicted octanol–water partition coefficient (Wildman–Crippen LogP) is 3.37. The van der Waals surface area contributed by atoms with Crippen LogP contribution in [-0.2, 0) is 4.74 Å². The average Bonchev–Trinajstić information content (AvgIpc) is 2.15. The number of ether oxygens (including phenoxy) is 1. The van der Waals surface area contributed by atoms with Gasteiger partial charge in [0.1, 0.15) is 0 Å². The van der Waals surface area contributed by atoms with Crippen molar-refractivity contribution in [1.29, 1.82) is 0 Å². The number of carbonyl (C=O) groups is 1. The lowest BCUT2D eigenvalue weighted by Gasteiger charge is -2.25. The quantitative estimate of drug-likeness (QED) is 0.889. The van der Waals surface area contributed by atoms with Crippen LogP contribution in [0.15, 0.2) is 27.1 Å². The first-order valence-electron chi connectivity index (χ1n) is 5.12. The van der Waals surface area contributed by atoms with Gasteiger partial charge in [-0.15, -0.1) is 0 Å². The van der Waals surface area contributed by atoms with E-state index in [1.54, 1.807) is 13.2 Å². The Hall–Kier alpha value is -0.390. The molecule has 3 nitrogen and oxygen atoms in total. The van der Waals surface area contributed by atoms with Crippen molar-refractivity contribution in [3.63, 3.8) is 0 Å². The van der Waals surface area contributed by atoms with E-state index in [1.165, 1.54) is 0 Å². The van der Waals surface area contributed by atoms with E-state index in [0.29, 0.717) is 12.2 Å². The summed E-state index contributed by atoms with van der Waals surface area (Å²) in [6, 6.07) is 5.45. The third-order valence-corrected chi connectivity index (χ3v) is 3.28. The van der Waals surface area contributed by atoms with Crippen molar-refractivity contribution in [2.75, 3.05) is 13.7 Å². The van der Waals surface area contributed by atoms with Crippen LogP contribution < -0.4 is 5.32 Å². The third-order valence-electron chi connectivity index (χ3n) is 2.13. The molecule has 0 spiro atoms. The first-order chi connectivity index (χ1) is 7.85. The van der Waals surface area contributed by atoms with Crippen molar-refractivity contribution in [2.45, 2.75) is 19.4 Å². The number of methoxy groups -OCH3 is 1. The minimum absolute atomic E-state index is 0.119. The van der Waals surface area contributed by atoms with E-state index >= 15 is 0 Å². The van der Waals surface area contributed by atoms with Crippen LogP contribution in [0.4, 0.5) is 0 Å². The van der Waals surface area contributed by atoms with E-state index in [9.17, 15) is 4.79 Å². The summed E-state index contributed by atoms with van der Waals surface area (Å²) in [6.07, 6.45) is 0. The molecule has 0 heterocycles. The molecule has 17 heavy (non-hydrogen) atoms. The molecule has 5 heteroatoms. The zero-order valence-corrected chi connectivity index (χ0v) is 13.2. The minimum Gasteiger partial charge on any atom is -0.382 e. The van der Waals surface area contributed by atoms with Crippen LogP contribution in [0.3, 0.4) is 0 Å². The first kappa shape index (κ1) is 14.7. The van der Waals surface area contributed by atoms with Crippen molar-refractivity contribution >= 4 is 37.8 Å². The molecule has 0 aliphatic carbocycles. The zero-order chi connectivity index (χ0) is 13.1. The van der Waals surface area contributed by atoms with Crippen molar-refractivity contribution in [3.8, 4) is 0 Å². The summed E-state index contributed by atoms with van der Waals surface area (Å²) in [4.78, 5) is 12.1. The molecule has 0 aromatic heterocycles. The Morgan fingerprint density at radius 2 is 2.06 bits per heavy atom. The van der Waals surface area contributed by atoms with E-state index in [1.807, 2.05) is 26.0 Å². The lowest BCUT2D eigenvalue weighted by atomic mass is 10.1. The SMILES string of the molecule is COCC(C)(C)NC(=O)c1ccc(Br)cc1Br. The van der Waals surface area contributed by atoms with Gasteiger partial charge in [0.25, 0.3) is 5.91 Å². The molecule has 0 aliphatic heterocycles. The molecule has 0 bridgehead atoms. The van der Waals surface area contributed by atoms with Crippen LogP contribution in [-0.4, -0.2) is 25.2 Å². The van der Waals surface area contributed by atoms with Crippen LogP contribution >= 0.6 is 31.9 Å². The summed E-state index contributed by atoms with van der Waals surface area (Å²) in [5.74, 6) is -0.119. The number of benzene rings is 1. The Labute approximate surface area is 118 Å². The van der Waals surface area contributed by atoms with E-state index < -0.39 is 5.54 Å². The molecule has 0 unspecified atom stereocenters. The van der Waals surface area contributed by atoms with Gasteiger partial charge in [-0.1, -0.05) is 15.9 Å². The number of rotatable bonds is 4. The molecule has 1 rings (SSSR count).